The summed E-state index contributed by atoms with van der Waals surface area (Å²) < 4.78 is 30.9. The Balaban J connectivity index is 0. The van der Waals surface area contributed by atoms with Gasteiger partial charge in [0.2, 0.25) is 0 Å². The summed E-state index contributed by atoms with van der Waals surface area (Å²) in [6.45, 7) is 3.75. The molecule has 0 fully saturated rings. The monoisotopic (exact) mass is 416 g/mol. The van der Waals surface area contributed by atoms with Crippen LogP contribution in [0.2, 0.25) is 0 Å². The van der Waals surface area contributed by atoms with Crippen LogP contribution in [0.4, 0.5) is 0 Å². The Morgan fingerprint density at radius 1 is 0.667 bits per heavy atom. The minimum atomic E-state index is -4.15. The number of unbranched alkanes of at least 4 members (excludes halogenated alkanes) is 14. The number of hydrogen-bond acceptors (Lipinski definition) is 5. The average Bonchev–Trinajstić information content (AvgIpc) is 2.57. The fourth-order valence-corrected chi connectivity index (χ4v) is 3.61. The summed E-state index contributed by atoms with van der Waals surface area (Å²) in [6, 6.07) is 0. The first-order valence-corrected chi connectivity index (χ1v) is 12.0. The van der Waals surface area contributed by atoms with Crippen LogP contribution in [0, 0.1) is 0 Å². The Morgan fingerprint density at radius 2 is 1.04 bits per heavy atom. The molecule has 0 bridgehead atoms. The van der Waals surface area contributed by atoms with Crippen LogP contribution in [-0.4, -0.2) is 50.6 Å². The molecule has 27 heavy (non-hydrogen) atoms. The molecule has 0 aromatic heterocycles. The van der Waals surface area contributed by atoms with Gasteiger partial charge in [-0.05, 0) is 13.3 Å². The van der Waals surface area contributed by atoms with Crippen LogP contribution in [0.5, 0.6) is 0 Å². The van der Waals surface area contributed by atoms with Crippen molar-refractivity contribution < 1.29 is 21.6 Å². The summed E-state index contributed by atoms with van der Waals surface area (Å²) in [5.74, 6) is -0.729. The Morgan fingerprint density at radius 3 is 1.41 bits per heavy atom. The van der Waals surface area contributed by atoms with E-state index in [1.54, 1.807) is 0 Å². The quantitative estimate of drug-likeness (QED) is 0.208. The van der Waals surface area contributed by atoms with Crippen molar-refractivity contribution in [3.63, 3.8) is 0 Å². The van der Waals surface area contributed by atoms with Crippen molar-refractivity contribution in [2.24, 2.45) is 0 Å². The summed E-state index contributed by atoms with van der Waals surface area (Å²) in [5, 5.41) is 0. The molecule has 0 spiro atoms. The second kappa shape index (κ2) is 21.1. The number of hydrogen-bond donors (Lipinski definition) is 0. The molecule has 158 valence electrons. The zero-order chi connectivity index (χ0) is 19.5. The van der Waals surface area contributed by atoms with Gasteiger partial charge in [0.1, 0.15) is 0 Å². The zero-order valence-electron chi connectivity index (χ0n) is 17.0. The van der Waals surface area contributed by atoms with Crippen molar-refractivity contribution in [2.75, 3.05) is 6.61 Å². The van der Waals surface area contributed by atoms with E-state index in [9.17, 15) is 13.2 Å². The van der Waals surface area contributed by atoms with E-state index in [4.69, 9.17) is 0 Å². The predicted molar refractivity (Wildman–Crippen MR) is 113 cm³/mol. The fourth-order valence-electron chi connectivity index (χ4n) is 2.96. The van der Waals surface area contributed by atoms with E-state index >= 15 is 0 Å². The molecule has 0 unspecified atom stereocenters. The molecule has 0 aromatic carbocycles. The molecule has 0 heterocycles. The maximum atomic E-state index is 11.4. The van der Waals surface area contributed by atoms with Gasteiger partial charge in [0, 0.05) is 6.42 Å². The molecule has 0 saturated heterocycles. The summed E-state index contributed by atoms with van der Waals surface area (Å²) >= 11 is 0. The molecule has 0 saturated carbocycles. The Kier molecular flexibility index (Phi) is 23.1. The van der Waals surface area contributed by atoms with Gasteiger partial charge < -0.3 is 4.18 Å². The van der Waals surface area contributed by atoms with Gasteiger partial charge in [-0.15, -0.1) is 0 Å². The molecule has 7 heteroatoms. The van der Waals surface area contributed by atoms with Crippen molar-refractivity contribution in [3.8, 4) is 0 Å². The first-order chi connectivity index (χ1) is 12.5. The molecule has 0 aromatic rings. The van der Waals surface area contributed by atoms with Crippen molar-refractivity contribution >= 4 is 45.9 Å². The first-order valence-electron chi connectivity index (χ1n) is 10.6. The van der Waals surface area contributed by atoms with Crippen LogP contribution in [-0.2, 0) is 23.6 Å². The molecule has 0 radical (unpaired) electrons. The van der Waals surface area contributed by atoms with Crippen LogP contribution < -0.4 is 0 Å². The second-order valence-corrected chi connectivity index (χ2v) is 8.19. The molecule has 5 nitrogen and oxygen atoms in total. The Hall–Kier alpha value is 0.380. The van der Waals surface area contributed by atoms with Crippen LogP contribution in [0.25, 0.3) is 0 Å². The van der Waals surface area contributed by atoms with Crippen LogP contribution >= 0.6 is 0 Å². The van der Waals surface area contributed by atoms with Crippen molar-refractivity contribution in [3.05, 3.63) is 0 Å². The molecular weight excluding hydrogens is 375 g/mol. The van der Waals surface area contributed by atoms with Crippen molar-refractivity contribution in [1.29, 1.82) is 0 Å². The molecule has 0 N–H and O–H groups in total. The Bertz CT molecular complexity index is 426. The molecule has 0 atom stereocenters. The van der Waals surface area contributed by atoms with Gasteiger partial charge in [-0.3, -0.25) is 4.79 Å². The van der Waals surface area contributed by atoms with E-state index in [2.05, 4.69) is 15.3 Å². The van der Waals surface area contributed by atoms with Crippen molar-refractivity contribution in [2.45, 2.75) is 117 Å². The van der Waals surface area contributed by atoms with E-state index < -0.39 is 16.4 Å². The summed E-state index contributed by atoms with van der Waals surface area (Å²) in [5.41, 5.74) is 0. The van der Waals surface area contributed by atoms with Gasteiger partial charge in [-0.25, -0.2) is 4.18 Å². The maximum absolute atomic E-state index is 11.4. The number of carbonyl (C=O) groups excluding carboxylic acids is 1. The molecule has 0 aliphatic heterocycles. The minimum absolute atomic E-state index is 0. The second-order valence-electron chi connectivity index (χ2n) is 6.97. The molecule has 0 aliphatic carbocycles. The normalized spacial score (nSPS) is 11.2. The Labute approximate surface area is 190 Å². The van der Waals surface area contributed by atoms with Crippen molar-refractivity contribution in [1.82, 2.24) is 0 Å². The third kappa shape index (κ3) is 22.5. The van der Waals surface area contributed by atoms with E-state index in [0.29, 0.717) is 6.42 Å². The van der Waals surface area contributed by atoms with Crippen LogP contribution in [0.1, 0.15) is 117 Å². The van der Waals surface area contributed by atoms with Gasteiger partial charge in [0.15, 0.2) is 0 Å². The third-order valence-electron chi connectivity index (χ3n) is 4.44. The fraction of sp³-hybridized carbons (Fsp3) is 0.950. The first kappa shape index (κ1) is 29.6. The average molecular weight is 417 g/mol. The van der Waals surface area contributed by atoms with E-state index in [0.717, 1.165) is 12.8 Å². The standard InChI is InChI=1S/C20H40O5S.Na.H/c1-3-5-6-7-8-9-10-11-12-13-14-15-16-17-18-19-20(21)25-26(22,23)24-4-2;;/h3-19H2,1-2H3;;. The molecule has 0 amide bonds. The zero-order valence-corrected chi connectivity index (χ0v) is 17.8. The number of rotatable bonds is 19. The van der Waals surface area contributed by atoms with E-state index in [1.807, 2.05) is 0 Å². The third-order valence-corrected chi connectivity index (χ3v) is 5.36. The van der Waals surface area contributed by atoms with Crippen LogP contribution in [0.3, 0.4) is 0 Å². The predicted octanol–water partition coefficient (Wildman–Crippen LogP) is 5.42. The van der Waals surface area contributed by atoms with Gasteiger partial charge >= 0.3 is 45.9 Å². The van der Waals surface area contributed by atoms with E-state index in [-0.39, 0.29) is 42.6 Å². The van der Waals surface area contributed by atoms with Gasteiger partial charge in [0.05, 0.1) is 6.61 Å². The van der Waals surface area contributed by atoms with Crippen LogP contribution in [0.15, 0.2) is 0 Å². The molecule has 0 aliphatic rings. The number of carbonyl (C=O) groups is 1. The molecule has 0 rings (SSSR count). The van der Waals surface area contributed by atoms with Gasteiger partial charge in [0.25, 0.3) is 0 Å². The summed E-state index contributed by atoms with van der Waals surface area (Å²) in [4.78, 5) is 11.4. The van der Waals surface area contributed by atoms with E-state index in [1.165, 1.54) is 84.0 Å². The SMILES string of the molecule is CCCCCCCCCCCCCCCCCC(=O)OS(=O)(=O)OCC.[NaH]. The van der Waals surface area contributed by atoms with Gasteiger partial charge in [-0.1, -0.05) is 96.8 Å². The molecular formula is C20H41NaO5S. The summed E-state index contributed by atoms with van der Waals surface area (Å²) in [6.07, 6.45) is 18.9. The van der Waals surface area contributed by atoms with Gasteiger partial charge in [-0.2, -0.15) is 8.42 Å². The summed E-state index contributed by atoms with van der Waals surface area (Å²) in [7, 11) is -4.15. The topological polar surface area (TPSA) is 69.7 Å².